The molecule has 2 fully saturated rings. The summed E-state index contributed by atoms with van der Waals surface area (Å²) >= 11 is 0. The van der Waals surface area contributed by atoms with E-state index in [4.69, 9.17) is 18.9 Å². The van der Waals surface area contributed by atoms with Crippen molar-refractivity contribution in [1.82, 2.24) is 5.32 Å². The van der Waals surface area contributed by atoms with Gasteiger partial charge in [0.25, 0.3) is 5.91 Å². The zero-order chi connectivity index (χ0) is 18.4. The summed E-state index contributed by atoms with van der Waals surface area (Å²) in [4.78, 5) is 24.4. The van der Waals surface area contributed by atoms with Crippen LogP contribution < -0.4 is 10.1 Å². The third kappa shape index (κ3) is 4.95. The molecular formula is C19H25NO6. The molecule has 26 heavy (non-hydrogen) atoms. The number of benzene rings is 1. The predicted octanol–water partition coefficient (Wildman–Crippen LogP) is 1.80. The van der Waals surface area contributed by atoms with Crippen LogP contribution in [-0.4, -0.2) is 58.1 Å². The lowest BCUT2D eigenvalue weighted by atomic mass is 9.86. The van der Waals surface area contributed by atoms with Crippen LogP contribution in [0.4, 0.5) is 0 Å². The number of hydrogen-bond acceptors (Lipinski definition) is 6. The van der Waals surface area contributed by atoms with Gasteiger partial charge in [-0.15, -0.1) is 0 Å². The molecule has 0 bridgehead atoms. The number of carbonyl (C=O) groups is 2. The number of rotatable bonds is 7. The minimum atomic E-state index is -0.503. The maximum Gasteiger partial charge on any atom is 0.338 e. The van der Waals surface area contributed by atoms with Gasteiger partial charge in [-0.3, -0.25) is 4.79 Å². The number of amides is 1. The quantitative estimate of drug-likeness (QED) is 0.744. The summed E-state index contributed by atoms with van der Waals surface area (Å²) in [5.74, 6) is 0.260. The maximum absolute atomic E-state index is 12.5. The van der Waals surface area contributed by atoms with Crippen LogP contribution >= 0.6 is 0 Å². The Labute approximate surface area is 152 Å². The average Bonchev–Trinajstić information content (AvgIpc) is 2.64. The smallest absolute Gasteiger partial charge is 0.338 e. The van der Waals surface area contributed by atoms with Gasteiger partial charge in [0.2, 0.25) is 0 Å². The van der Waals surface area contributed by atoms with Crippen molar-refractivity contribution in [3.8, 4) is 5.75 Å². The lowest BCUT2D eigenvalue weighted by Gasteiger charge is -2.25. The van der Waals surface area contributed by atoms with Crippen LogP contribution in [0.2, 0.25) is 0 Å². The van der Waals surface area contributed by atoms with Gasteiger partial charge in [0.05, 0.1) is 45.2 Å². The molecule has 1 aliphatic heterocycles. The van der Waals surface area contributed by atoms with Gasteiger partial charge < -0.3 is 24.3 Å². The van der Waals surface area contributed by atoms with Gasteiger partial charge in [0, 0.05) is 12.1 Å². The number of methoxy groups -OCH3 is 1. The van der Waals surface area contributed by atoms with E-state index < -0.39 is 5.97 Å². The van der Waals surface area contributed by atoms with Crippen molar-refractivity contribution < 1.29 is 28.5 Å². The van der Waals surface area contributed by atoms with Crippen LogP contribution in [0.25, 0.3) is 0 Å². The number of nitrogens with one attached hydrogen (secondary N) is 1. The fourth-order valence-electron chi connectivity index (χ4n) is 2.89. The standard InChI is InChI=1S/C19H25NO6/c1-23-19(22)15-7-14(8-16(9-15)26-11-13-3-2-4-13)18(21)20-10-17-12-24-5-6-25-17/h7-9,13,17H,2-6,10-12H2,1H3,(H,20,21)/t17-/m1/s1. The van der Waals surface area contributed by atoms with E-state index in [9.17, 15) is 9.59 Å². The lowest BCUT2D eigenvalue weighted by Crippen LogP contribution is -2.39. The molecule has 142 valence electrons. The summed E-state index contributed by atoms with van der Waals surface area (Å²) in [7, 11) is 1.31. The molecule has 1 saturated heterocycles. The molecule has 3 rings (SSSR count). The second kappa shape index (κ2) is 9.00. The highest BCUT2D eigenvalue weighted by Gasteiger charge is 2.20. The average molecular weight is 363 g/mol. The van der Waals surface area contributed by atoms with E-state index in [0.29, 0.717) is 55.8 Å². The second-order valence-corrected chi connectivity index (χ2v) is 6.62. The first-order chi connectivity index (χ1) is 12.7. The van der Waals surface area contributed by atoms with Crippen LogP contribution in [0.5, 0.6) is 5.75 Å². The van der Waals surface area contributed by atoms with Crippen LogP contribution in [0.3, 0.4) is 0 Å². The third-order valence-electron chi connectivity index (χ3n) is 4.68. The molecule has 0 spiro atoms. The lowest BCUT2D eigenvalue weighted by molar-refractivity contribution is -0.0855. The van der Waals surface area contributed by atoms with Crippen LogP contribution in [-0.2, 0) is 14.2 Å². The minimum absolute atomic E-state index is 0.161. The van der Waals surface area contributed by atoms with Crippen molar-refractivity contribution in [2.45, 2.75) is 25.4 Å². The Balaban J connectivity index is 1.66. The third-order valence-corrected chi connectivity index (χ3v) is 4.68. The topological polar surface area (TPSA) is 83.1 Å². The molecule has 2 aliphatic rings. The van der Waals surface area contributed by atoms with E-state index in [1.54, 1.807) is 12.1 Å². The number of hydrogen-bond donors (Lipinski definition) is 1. The Morgan fingerprint density at radius 2 is 2.00 bits per heavy atom. The van der Waals surface area contributed by atoms with Gasteiger partial charge in [-0.05, 0) is 37.0 Å². The number of ether oxygens (including phenoxy) is 4. The van der Waals surface area contributed by atoms with E-state index >= 15 is 0 Å². The van der Waals surface area contributed by atoms with Crippen molar-refractivity contribution in [3.05, 3.63) is 29.3 Å². The SMILES string of the molecule is COC(=O)c1cc(OCC2CCC2)cc(C(=O)NC[C@@H]2COCCO2)c1. The number of carbonyl (C=O) groups excluding carboxylic acids is 2. The van der Waals surface area contributed by atoms with E-state index in [0.717, 1.165) is 12.8 Å². The molecule has 1 heterocycles. The monoisotopic (exact) mass is 363 g/mol. The van der Waals surface area contributed by atoms with E-state index in [-0.39, 0.29) is 12.0 Å². The zero-order valence-corrected chi connectivity index (χ0v) is 15.0. The van der Waals surface area contributed by atoms with Gasteiger partial charge in [0.1, 0.15) is 5.75 Å². The van der Waals surface area contributed by atoms with Gasteiger partial charge >= 0.3 is 5.97 Å². The van der Waals surface area contributed by atoms with Gasteiger partial charge in [0.15, 0.2) is 0 Å². The Bertz CT molecular complexity index is 637. The molecule has 1 atom stereocenters. The highest BCUT2D eigenvalue weighted by Crippen LogP contribution is 2.27. The molecule has 0 unspecified atom stereocenters. The van der Waals surface area contributed by atoms with E-state index in [2.05, 4.69) is 5.32 Å². The molecule has 1 aliphatic carbocycles. The van der Waals surface area contributed by atoms with Crippen LogP contribution in [0.15, 0.2) is 18.2 Å². The first-order valence-electron chi connectivity index (χ1n) is 8.99. The molecule has 1 aromatic rings. The molecule has 7 heteroatoms. The zero-order valence-electron chi connectivity index (χ0n) is 15.0. The molecule has 1 aromatic carbocycles. The van der Waals surface area contributed by atoms with Crippen molar-refractivity contribution in [2.24, 2.45) is 5.92 Å². The second-order valence-electron chi connectivity index (χ2n) is 6.62. The molecular weight excluding hydrogens is 338 g/mol. The summed E-state index contributed by atoms with van der Waals surface area (Å²) in [6.45, 7) is 2.50. The first-order valence-corrected chi connectivity index (χ1v) is 8.99. The summed E-state index contributed by atoms with van der Waals surface area (Å²) in [6, 6.07) is 4.77. The normalized spacial score (nSPS) is 20.1. The van der Waals surface area contributed by atoms with Crippen LogP contribution in [0, 0.1) is 5.92 Å². The Morgan fingerprint density at radius 1 is 1.19 bits per heavy atom. The Morgan fingerprint density at radius 3 is 2.65 bits per heavy atom. The molecule has 1 saturated carbocycles. The van der Waals surface area contributed by atoms with Crippen molar-refractivity contribution in [1.29, 1.82) is 0 Å². The van der Waals surface area contributed by atoms with Gasteiger partial charge in [-0.1, -0.05) is 6.42 Å². The highest BCUT2D eigenvalue weighted by atomic mass is 16.6. The molecule has 1 amide bonds. The largest absolute Gasteiger partial charge is 0.493 e. The number of esters is 1. The van der Waals surface area contributed by atoms with Crippen LogP contribution in [0.1, 0.15) is 40.0 Å². The van der Waals surface area contributed by atoms with E-state index in [1.807, 2.05) is 0 Å². The molecule has 0 radical (unpaired) electrons. The maximum atomic E-state index is 12.5. The predicted molar refractivity (Wildman–Crippen MR) is 93.5 cm³/mol. The first kappa shape index (κ1) is 18.7. The van der Waals surface area contributed by atoms with Crippen molar-refractivity contribution in [3.63, 3.8) is 0 Å². The van der Waals surface area contributed by atoms with Crippen molar-refractivity contribution in [2.75, 3.05) is 40.1 Å². The summed E-state index contributed by atoms with van der Waals surface area (Å²) in [6.07, 6.45) is 3.39. The summed E-state index contributed by atoms with van der Waals surface area (Å²) in [5.41, 5.74) is 0.647. The molecule has 1 N–H and O–H groups in total. The fourth-order valence-corrected chi connectivity index (χ4v) is 2.89. The Kier molecular flexibility index (Phi) is 6.46. The highest BCUT2D eigenvalue weighted by molar-refractivity contribution is 5.98. The van der Waals surface area contributed by atoms with Crippen molar-refractivity contribution >= 4 is 11.9 Å². The molecule has 0 aromatic heterocycles. The molecule has 7 nitrogen and oxygen atoms in total. The summed E-state index contributed by atoms with van der Waals surface area (Å²) < 4.78 is 21.4. The fraction of sp³-hybridized carbons (Fsp3) is 0.579. The van der Waals surface area contributed by atoms with E-state index in [1.165, 1.54) is 19.6 Å². The minimum Gasteiger partial charge on any atom is -0.493 e. The van der Waals surface area contributed by atoms with Gasteiger partial charge in [-0.2, -0.15) is 0 Å². The van der Waals surface area contributed by atoms with Gasteiger partial charge in [-0.25, -0.2) is 4.79 Å². The summed E-state index contributed by atoms with van der Waals surface area (Å²) in [5, 5.41) is 2.82. The Hall–Kier alpha value is -2.12.